The van der Waals surface area contributed by atoms with E-state index in [9.17, 15) is 13.2 Å². The lowest BCUT2D eigenvalue weighted by Gasteiger charge is -2.08. The summed E-state index contributed by atoms with van der Waals surface area (Å²) in [5.74, 6) is -2.23. The van der Waals surface area contributed by atoms with Gasteiger partial charge in [-0.3, -0.25) is 0 Å². The summed E-state index contributed by atoms with van der Waals surface area (Å²) in [6.07, 6.45) is 0. The van der Waals surface area contributed by atoms with Crippen LogP contribution in [0.4, 0.5) is 18.9 Å². The van der Waals surface area contributed by atoms with E-state index in [1.165, 1.54) is 12.1 Å². The zero-order valence-corrected chi connectivity index (χ0v) is 8.58. The molecule has 0 saturated heterocycles. The number of anilines is 1. The Kier molecular flexibility index (Phi) is 2.91. The zero-order valence-electron chi connectivity index (χ0n) is 8.58. The number of rotatable bonds is 2. The van der Waals surface area contributed by atoms with Crippen molar-refractivity contribution in [2.75, 3.05) is 5.73 Å². The van der Waals surface area contributed by atoms with Crippen LogP contribution < -0.4 is 10.5 Å². The molecule has 0 aliphatic heterocycles. The highest BCUT2D eigenvalue weighted by Gasteiger charge is 2.06. The molecule has 0 bridgehead atoms. The summed E-state index contributed by atoms with van der Waals surface area (Å²) in [6, 6.07) is 6.62. The Labute approximate surface area is 95.4 Å². The summed E-state index contributed by atoms with van der Waals surface area (Å²) in [6.45, 7) is 0. The lowest BCUT2D eigenvalue weighted by molar-refractivity contribution is 0.462. The fraction of sp³-hybridized carbons (Fsp3) is 0. The second kappa shape index (κ2) is 4.37. The minimum Gasteiger partial charge on any atom is -0.455 e. The minimum absolute atomic E-state index is 0.0785. The van der Waals surface area contributed by atoms with Gasteiger partial charge in [-0.15, -0.1) is 0 Å². The predicted octanol–water partition coefficient (Wildman–Crippen LogP) is 3.48. The van der Waals surface area contributed by atoms with Crippen molar-refractivity contribution in [2.24, 2.45) is 0 Å². The quantitative estimate of drug-likeness (QED) is 0.814. The van der Waals surface area contributed by atoms with E-state index in [0.717, 1.165) is 24.3 Å². The van der Waals surface area contributed by atoms with Crippen LogP contribution in [-0.2, 0) is 0 Å². The number of ether oxygens (including phenoxy) is 1. The monoisotopic (exact) mass is 239 g/mol. The van der Waals surface area contributed by atoms with Crippen LogP contribution in [0.3, 0.4) is 0 Å². The van der Waals surface area contributed by atoms with Gasteiger partial charge in [0, 0.05) is 12.1 Å². The molecule has 2 aromatic rings. The highest BCUT2D eigenvalue weighted by molar-refractivity contribution is 5.53. The van der Waals surface area contributed by atoms with E-state index in [1.54, 1.807) is 0 Å². The lowest BCUT2D eigenvalue weighted by atomic mass is 10.3. The Hall–Kier alpha value is -2.17. The molecule has 0 saturated carbocycles. The first-order valence-corrected chi connectivity index (χ1v) is 4.74. The van der Waals surface area contributed by atoms with Gasteiger partial charge in [0.15, 0.2) is 17.4 Å². The molecule has 0 aliphatic rings. The fourth-order valence-electron chi connectivity index (χ4n) is 1.28. The third-order valence-corrected chi connectivity index (χ3v) is 2.09. The van der Waals surface area contributed by atoms with Gasteiger partial charge in [0.05, 0.1) is 5.69 Å². The number of nitrogens with two attached hydrogens (primary N) is 1. The van der Waals surface area contributed by atoms with Crippen molar-refractivity contribution in [3.63, 3.8) is 0 Å². The first kappa shape index (κ1) is 11.3. The summed E-state index contributed by atoms with van der Waals surface area (Å²) in [4.78, 5) is 0. The van der Waals surface area contributed by atoms with Gasteiger partial charge in [-0.25, -0.2) is 13.2 Å². The van der Waals surface area contributed by atoms with E-state index in [4.69, 9.17) is 10.5 Å². The molecular weight excluding hydrogens is 231 g/mol. The molecule has 0 radical (unpaired) electrons. The van der Waals surface area contributed by atoms with Gasteiger partial charge in [0.1, 0.15) is 11.6 Å². The van der Waals surface area contributed by atoms with Crippen LogP contribution in [-0.4, -0.2) is 0 Å². The van der Waals surface area contributed by atoms with Crippen molar-refractivity contribution in [3.05, 3.63) is 53.8 Å². The smallest absolute Gasteiger partial charge is 0.162 e. The van der Waals surface area contributed by atoms with Crippen molar-refractivity contribution < 1.29 is 17.9 Å². The standard InChI is InChI=1S/C12H8F3NO/c13-7-1-4-12(11(16)5-7)17-8-2-3-9(14)10(15)6-8/h1-6H,16H2. The van der Waals surface area contributed by atoms with E-state index in [1.807, 2.05) is 0 Å². The van der Waals surface area contributed by atoms with Crippen molar-refractivity contribution in [3.8, 4) is 11.5 Å². The van der Waals surface area contributed by atoms with Gasteiger partial charge in [0.2, 0.25) is 0 Å². The van der Waals surface area contributed by atoms with Gasteiger partial charge >= 0.3 is 0 Å². The Morgan fingerprint density at radius 3 is 2.29 bits per heavy atom. The molecule has 0 unspecified atom stereocenters. The maximum absolute atomic E-state index is 12.9. The van der Waals surface area contributed by atoms with Crippen LogP contribution in [0.25, 0.3) is 0 Å². The Morgan fingerprint density at radius 2 is 1.65 bits per heavy atom. The molecule has 2 aromatic carbocycles. The van der Waals surface area contributed by atoms with Crippen LogP contribution in [0.2, 0.25) is 0 Å². The second-order valence-electron chi connectivity index (χ2n) is 3.36. The first-order chi connectivity index (χ1) is 8.06. The van der Waals surface area contributed by atoms with Gasteiger partial charge in [0.25, 0.3) is 0 Å². The molecule has 88 valence electrons. The number of benzene rings is 2. The highest BCUT2D eigenvalue weighted by Crippen LogP contribution is 2.28. The number of hydrogen-bond donors (Lipinski definition) is 1. The fourth-order valence-corrected chi connectivity index (χ4v) is 1.28. The number of nitrogen functional groups attached to an aromatic ring is 1. The van der Waals surface area contributed by atoms with E-state index in [2.05, 4.69) is 0 Å². The number of hydrogen-bond acceptors (Lipinski definition) is 2. The van der Waals surface area contributed by atoms with Crippen LogP contribution in [0.15, 0.2) is 36.4 Å². The Bertz CT molecular complexity index is 557. The summed E-state index contributed by atoms with van der Waals surface area (Å²) in [5.41, 5.74) is 5.58. The molecule has 5 heteroatoms. The molecule has 2 N–H and O–H groups in total. The normalized spacial score (nSPS) is 10.3. The zero-order chi connectivity index (χ0) is 12.4. The lowest BCUT2D eigenvalue weighted by Crippen LogP contribution is -1.94. The van der Waals surface area contributed by atoms with E-state index >= 15 is 0 Å². The van der Waals surface area contributed by atoms with E-state index < -0.39 is 17.5 Å². The van der Waals surface area contributed by atoms with Crippen LogP contribution >= 0.6 is 0 Å². The molecule has 0 aliphatic carbocycles. The summed E-state index contributed by atoms with van der Waals surface area (Å²) < 4.78 is 43.5. The van der Waals surface area contributed by atoms with Crippen LogP contribution in [0.1, 0.15) is 0 Å². The van der Waals surface area contributed by atoms with Crippen molar-refractivity contribution in [1.29, 1.82) is 0 Å². The maximum Gasteiger partial charge on any atom is 0.162 e. The average Bonchev–Trinajstić information content (AvgIpc) is 2.27. The molecule has 2 rings (SSSR count). The molecule has 0 amide bonds. The van der Waals surface area contributed by atoms with Gasteiger partial charge in [-0.2, -0.15) is 0 Å². The van der Waals surface area contributed by atoms with E-state index in [-0.39, 0.29) is 17.2 Å². The summed E-state index contributed by atoms with van der Waals surface area (Å²) in [7, 11) is 0. The largest absolute Gasteiger partial charge is 0.455 e. The van der Waals surface area contributed by atoms with Crippen molar-refractivity contribution in [1.82, 2.24) is 0 Å². The maximum atomic E-state index is 12.9. The highest BCUT2D eigenvalue weighted by atomic mass is 19.2. The molecular formula is C12H8F3NO. The van der Waals surface area contributed by atoms with Crippen LogP contribution in [0, 0.1) is 17.5 Å². The molecule has 0 aromatic heterocycles. The molecule has 17 heavy (non-hydrogen) atoms. The van der Waals surface area contributed by atoms with Crippen molar-refractivity contribution >= 4 is 5.69 Å². The Balaban J connectivity index is 2.28. The minimum atomic E-state index is -1.02. The van der Waals surface area contributed by atoms with E-state index in [0.29, 0.717) is 0 Å². The molecule has 0 atom stereocenters. The van der Waals surface area contributed by atoms with Crippen LogP contribution in [0.5, 0.6) is 11.5 Å². The predicted molar refractivity (Wildman–Crippen MR) is 57.2 cm³/mol. The summed E-state index contributed by atoms with van der Waals surface area (Å²) in [5, 5.41) is 0. The van der Waals surface area contributed by atoms with Gasteiger partial charge in [-0.1, -0.05) is 0 Å². The molecule has 0 spiro atoms. The first-order valence-electron chi connectivity index (χ1n) is 4.74. The van der Waals surface area contributed by atoms with Gasteiger partial charge in [-0.05, 0) is 24.3 Å². The molecule has 0 fully saturated rings. The third kappa shape index (κ3) is 2.50. The molecule has 2 nitrogen and oxygen atoms in total. The SMILES string of the molecule is Nc1cc(F)ccc1Oc1ccc(F)c(F)c1. The topological polar surface area (TPSA) is 35.2 Å². The average molecular weight is 239 g/mol. The summed E-state index contributed by atoms with van der Waals surface area (Å²) >= 11 is 0. The number of halogens is 3. The van der Waals surface area contributed by atoms with Gasteiger partial charge < -0.3 is 10.5 Å². The van der Waals surface area contributed by atoms with Crippen molar-refractivity contribution in [2.45, 2.75) is 0 Å². The molecule has 0 heterocycles. The second-order valence-corrected chi connectivity index (χ2v) is 3.36. The Morgan fingerprint density at radius 1 is 0.882 bits per heavy atom. The third-order valence-electron chi connectivity index (χ3n) is 2.09.